The van der Waals surface area contributed by atoms with E-state index in [1.807, 2.05) is 36.4 Å². The van der Waals surface area contributed by atoms with E-state index in [1.54, 1.807) is 21.8 Å². The summed E-state index contributed by atoms with van der Waals surface area (Å²) in [6.07, 6.45) is 1.66. The largest absolute Gasteiger partial charge is 0.352 e. The van der Waals surface area contributed by atoms with Gasteiger partial charge < -0.3 is 9.64 Å². The maximum atomic E-state index is 13.5. The maximum Gasteiger partial charge on any atom is 0.266 e. The zero-order valence-electron chi connectivity index (χ0n) is 14.1. The van der Waals surface area contributed by atoms with E-state index in [9.17, 15) is 4.79 Å². The van der Waals surface area contributed by atoms with Gasteiger partial charge in [-0.15, -0.1) is 5.10 Å². The second-order valence-corrected chi connectivity index (χ2v) is 8.03. The minimum atomic E-state index is -1.13. The van der Waals surface area contributed by atoms with Crippen molar-refractivity contribution in [3.8, 4) is 0 Å². The standard InChI is InChI=1S/C19H14BrClN4O2/c20-13-3-1-12(2-4-13)9-24-17-6-5-14(21)7-16(17)19(18(24)26)11-25-15(10-27-19)8-22-23-25/h1-8H,9-11H2. The first kappa shape index (κ1) is 16.9. The summed E-state index contributed by atoms with van der Waals surface area (Å²) in [5.74, 6) is -0.108. The topological polar surface area (TPSA) is 60.2 Å². The van der Waals surface area contributed by atoms with Crippen LogP contribution in [0.25, 0.3) is 0 Å². The van der Waals surface area contributed by atoms with Crippen LogP contribution in [0.15, 0.2) is 53.1 Å². The molecule has 1 atom stereocenters. The van der Waals surface area contributed by atoms with Crippen molar-refractivity contribution >= 4 is 39.1 Å². The second kappa shape index (κ2) is 6.15. The zero-order chi connectivity index (χ0) is 18.6. The normalized spacial score (nSPS) is 20.8. The lowest BCUT2D eigenvalue weighted by molar-refractivity contribution is -0.153. The van der Waals surface area contributed by atoms with E-state index < -0.39 is 5.60 Å². The number of fused-ring (bicyclic) bond motifs is 3. The Kier molecular flexibility index (Phi) is 3.86. The molecule has 136 valence electrons. The van der Waals surface area contributed by atoms with Crippen molar-refractivity contribution in [3.63, 3.8) is 0 Å². The SMILES string of the molecule is O=C1N(Cc2ccc(Br)cc2)c2ccc(Cl)cc2C12Cn1nncc1CO2. The molecule has 3 heterocycles. The molecular formula is C19H14BrClN4O2. The molecule has 1 spiro atoms. The first-order valence-electron chi connectivity index (χ1n) is 8.45. The highest BCUT2D eigenvalue weighted by molar-refractivity contribution is 9.10. The molecule has 0 saturated carbocycles. The van der Waals surface area contributed by atoms with Crippen LogP contribution >= 0.6 is 27.5 Å². The molecule has 0 bridgehead atoms. The Hall–Kier alpha value is -2.22. The zero-order valence-corrected chi connectivity index (χ0v) is 16.4. The first-order chi connectivity index (χ1) is 13.1. The lowest BCUT2D eigenvalue weighted by Gasteiger charge is -2.32. The Morgan fingerprint density at radius 1 is 1.22 bits per heavy atom. The van der Waals surface area contributed by atoms with Crippen LogP contribution < -0.4 is 4.90 Å². The number of hydrogen-bond acceptors (Lipinski definition) is 4. The summed E-state index contributed by atoms with van der Waals surface area (Å²) in [6, 6.07) is 13.4. The van der Waals surface area contributed by atoms with Gasteiger partial charge in [0.25, 0.3) is 5.91 Å². The summed E-state index contributed by atoms with van der Waals surface area (Å²) in [6.45, 7) is 1.01. The summed E-state index contributed by atoms with van der Waals surface area (Å²) in [5, 5.41) is 8.60. The Labute approximate surface area is 168 Å². The van der Waals surface area contributed by atoms with Gasteiger partial charge in [-0.25, -0.2) is 4.68 Å². The lowest BCUT2D eigenvalue weighted by atomic mass is 9.94. The number of carbonyl (C=O) groups is 1. The molecule has 0 aliphatic carbocycles. The molecule has 1 unspecified atom stereocenters. The molecule has 6 nitrogen and oxygen atoms in total. The van der Waals surface area contributed by atoms with E-state index in [4.69, 9.17) is 16.3 Å². The molecule has 8 heteroatoms. The fourth-order valence-electron chi connectivity index (χ4n) is 3.71. The summed E-state index contributed by atoms with van der Waals surface area (Å²) in [4.78, 5) is 15.3. The van der Waals surface area contributed by atoms with E-state index in [0.717, 1.165) is 27.0 Å². The van der Waals surface area contributed by atoms with E-state index in [2.05, 4.69) is 26.2 Å². The van der Waals surface area contributed by atoms with Gasteiger partial charge in [0.1, 0.15) is 0 Å². The summed E-state index contributed by atoms with van der Waals surface area (Å²) in [7, 11) is 0. The van der Waals surface area contributed by atoms with Crippen molar-refractivity contribution < 1.29 is 9.53 Å². The van der Waals surface area contributed by atoms with Crippen LogP contribution in [0, 0.1) is 0 Å². The molecule has 0 N–H and O–H groups in total. The fourth-order valence-corrected chi connectivity index (χ4v) is 4.15. The van der Waals surface area contributed by atoms with Crippen molar-refractivity contribution in [1.82, 2.24) is 15.0 Å². The molecular weight excluding hydrogens is 432 g/mol. The molecule has 0 radical (unpaired) electrons. The number of anilines is 1. The molecule has 2 aromatic carbocycles. The number of ether oxygens (including phenoxy) is 1. The van der Waals surface area contributed by atoms with Crippen LogP contribution in [0.3, 0.4) is 0 Å². The van der Waals surface area contributed by atoms with Crippen LogP contribution in [0.1, 0.15) is 16.8 Å². The molecule has 3 aromatic rings. The van der Waals surface area contributed by atoms with Gasteiger partial charge in [-0.2, -0.15) is 0 Å². The van der Waals surface area contributed by atoms with Crippen molar-refractivity contribution in [2.45, 2.75) is 25.3 Å². The number of rotatable bonds is 2. The third-order valence-electron chi connectivity index (χ3n) is 5.07. The quantitative estimate of drug-likeness (QED) is 0.604. The average Bonchev–Trinajstić information content (AvgIpc) is 3.21. The smallest absolute Gasteiger partial charge is 0.266 e. The summed E-state index contributed by atoms with van der Waals surface area (Å²) >= 11 is 9.69. The molecule has 2 aliphatic heterocycles. The third-order valence-corrected chi connectivity index (χ3v) is 5.83. The number of hydrogen-bond donors (Lipinski definition) is 0. The fraction of sp³-hybridized carbons (Fsp3) is 0.211. The highest BCUT2D eigenvalue weighted by Crippen LogP contribution is 2.47. The van der Waals surface area contributed by atoms with Crippen molar-refractivity contribution in [1.29, 1.82) is 0 Å². The van der Waals surface area contributed by atoms with Gasteiger partial charge in [0.15, 0.2) is 5.60 Å². The van der Waals surface area contributed by atoms with Crippen LogP contribution in [-0.4, -0.2) is 20.9 Å². The van der Waals surface area contributed by atoms with Crippen molar-refractivity contribution in [2.24, 2.45) is 0 Å². The number of aromatic nitrogens is 3. The second-order valence-electron chi connectivity index (χ2n) is 6.68. The number of carbonyl (C=O) groups excluding carboxylic acids is 1. The molecule has 5 rings (SSSR count). The van der Waals surface area contributed by atoms with Crippen molar-refractivity contribution in [2.75, 3.05) is 4.90 Å². The minimum Gasteiger partial charge on any atom is -0.352 e. The van der Waals surface area contributed by atoms with Gasteiger partial charge in [-0.1, -0.05) is 44.9 Å². The van der Waals surface area contributed by atoms with E-state index in [1.165, 1.54) is 0 Å². The molecule has 1 amide bonds. The number of benzene rings is 2. The Bertz CT molecular complexity index is 1050. The highest BCUT2D eigenvalue weighted by atomic mass is 79.9. The predicted molar refractivity (Wildman–Crippen MR) is 103 cm³/mol. The van der Waals surface area contributed by atoms with E-state index in [-0.39, 0.29) is 19.1 Å². The van der Waals surface area contributed by atoms with Crippen LogP contribution in [0.4, 0.5) is 5.69 Å². The molecule has 0 saturated heterocycles. The van der Waals surface area contributed by atoms with Gasteiger partial charge in [0.05, 0.1) is 37.3 Å². The molecule has 0 fully saturated rings. The van der Waals surface area contributed by atoms with E-state index in [0.29, 0.717) is 11.6 Å². The Morgan fingerprint density at radius 3 is 2.85 bits per heavy atom. The van der Waals surface area contributed by atoms with Crippen LogP contribution in [-0.2, 0) is 34.8 Å². The number of nitrogens with zero attached hydrogens (tertiary/aromatic N) is 4. The van der Waals surface area contributed by atoms with Crippen LogP contribution in [0.2, 0.25) is 5.02 Å². The Balaban J connectivity index is 1.59. The molecule has 1 aromatic heterocycles. The molecule has 27 heavy (non-hydrogen) atoms. The first-order valence-corrected chi connectivity index (χ1v) is 9.62. The summed E-state index contributed by atoms with van der Waals surface area (Å²) < 4.78 is 8.86. The molecule has 2 aliphatic rings. The van der Waals surface area contributed by atoms with Gasteiger partial charge in [0.2, 0.25) is 0 Å². The average molecular weight is 446 g/mol. The third kappa shape index (κ3) is 2.61. The van der Waals surface area contributed by atoms with Crippen molar-refractivity contribution in [3.05, 3.63) is 75.0 Å². The van der Waals surface area contributed by atoms with Gasteiger partial charge >= 0.3 is 0 Å². The number of amides is 1. The maximum absolute atomic E-state index is 13.5. The van der Waals surface area contributed by atoms with Gasteiger partial charge in [-0.3, -0.25) is 4.79 Å². The highest BCUT2D eigenvalue weighted by Gasteiger charge is 2.54. The van der Waals surface area contributed by atoms with Gasteiger partial charge in [0, 0.05) is 15.1 Å². The summed E-state index contributed by atoms with van der Waals surface area (Å²) in [5.41, 5.74) is 2.34. The predicted octanol–water partition coefficient (Wildman–Crippen LogP) is 3.67. The van der Waals surface area contributed by atoms with Crippen LogP contribution in [0.5, 0.6) is 0 Å². The Morgan fingerprint density at radius 2 is 2.04 bits per heavy atom. The lowest BCUT2D eigenvalue weighted by Crippen LogP contribution is -2.47. The number of halogens is 2. The van der Waals surface area contributed by atoms with Gasteiger partial charge in [-0.05, 0) is 35.9 Å². The minimum absolute atomic E-state index is 0.108. The van der Waals surface area contributed by atoms with E-state index >= 15 is 0 Å². The monoisotopic (exact) mass is 444 g/mol.